The Kier molecular flexibility index (Phi) is 3.88. The molecule has 2 aromatic rings. The van der Waals surface area contributed by atoms with Crippen LogP contribution in [0.4, 0.5) is 0 Å². The lowest BCUT2D eigenvalue weighted by Gasteiger charge is -2.47. The summed E-state index contributed by atoms with van der Waals surface area (Å²) in [6.07, 6.45) is 0.820. The van der Waals surface area contributed by atoms with E-state index in [2.05, 4.69) is 36.1 Å². The molecule has 0 N–H and O–H groups in total. The average Bonchev–Trinajstić information content (AvgIpc) is 2.58. The Labute approximate surface area is 132 Å². The maximum absolute atomic E-state index is 13.4. The van der Waals surface area contributed by atoms with Gasteiger partial charge >= 0.3 is 0 Å². The first-order valence-corrected chi connectivity index (χ1v) is 7.94. The molecule has 0 aromatic heterocycles. The number of hydrogen-bond acceptors (Lipinski definition) is 2. The fraction of sp³-hybridized carbons (Fsp3) is 0.350. The van der Waals surface area contributed by atoms with E-state index >= 15 is 0 Å². The molecule has 0 unspecified atom stereocenters. The molecule has 0 radical (unpaired) electrons. The fourth-order valence-corrected chi connectivity index (χ4v) is 3.74. The van der Waals surface area contributed by atoms with Gasteiger partial charge in [0.2, 0.25) is 0 Å². The molecule has 1 saturated heterocycles. The Balaban J connectivity index is 2.23. The van der Waals surface area contributed by atoms with Crippen LogP contribution < -0.4 is 0 Å². The molecule has 0 aliphatic carbocycles. The van der Waals surface area contributed by atoms with E-state index in [1.165, 1.54) is 0 Å². The van der Waals surface area contributed by atoms with E-state index < -0.39 is 5.41 Å². The molecule has 2 nitrogen and oxygen atoms in total. The van der Waals surface area contributed by atoms with Gasteiger partial charge in [0.15, 0.2) is 5.78 Å². The van der Waals surface area contributed by atoms with Crippen LogP contribution in [-0.2, 0) is 10.2 Å². The van der Waals surface area contributed by atoms with Gasteiger partial charge in [0, 0.05) is 6.04 Å². The minimum Gasteiger partial charge on any atom is -0.297 e. The van der Waals surface area contributed by atoms with Gasteiger partial charge in [-0.25, -0.2) is 0 Å². The molecule has 0 spiro atoms. The molecular formula is C20H23NO. The molecule has 1 fully saturated rings. The van der Waals surface area contributed by atoms with Gasteiger partial charge in [0.05, 0.1) is 11.5 Å². The summed E-state index contributed by atoms with van der Waals surface area (Å²) in [5.74, 6) is 0.297. The summed E-state index contributed by atoms with van der Waals surface area (Å²) in [5.41, 5.74) is 1.68. The van der Waals surface area contributed by atoms with Crippen LogP contribution in [0.2, 0.25) is 0 Å². The highest BCUT2D eigenvalue weighted by atomic mass is 16.1. The van der Waals surface area contributed by atoms with Crippen LogP contribution in [0.1, 0.15) is 31.4 Å². The zero-order valence-corrected chi connectivity index (χ0v) is 13.5. The second kappa shape index (κ2) is 5.69. The Morgan fingerprint density at radius 1 is 0.909 bits per heavy atom. The third kappa shape index (κ3) is 2.19. The zero-order chi connectivity index (χ0) is 15.7. The second-order valence-corrected chi connectivity index (χ2v) is 6.40. The standard InChI is InChI=1S/C20H23NO/c1-15-14-20(17-10-6-4-7-11-17,18-12-8-5-9-13-18)19(22)16(2)21(15)3/h4-13,15-16H,14H2,1-3H3/t15-,16+/m1/s1. The molecule has 2 aromatic carbocycles. The highest BCUT2D eigenvalue weighted by Crippen LogP contribution is 2.43. The maximum Gasteiger partial charge on any atom is 0.164 e. The van der Waals surface area contributed by atoms with Crippen molar-refractivity contribution in [2.75, 3.05) is 7.05 Å². The average molecular weight is 293 g/mol. The van der Waals surface area contributed by atoms with E-state index in [9.17, 15) is 4.79 Å². The van der Waals surface area contributed by atoms with Gasteiger partial charge in [-0.3, -0.25) is 9.69 Å². The number of benzene rings is 2. The number of likely N-dealkylation sites (N-methyl/N-ethyl adjacent to an activating group) is 1. The van der Waals surface area contributed by atoms with Crippen LogP contribution in [0.5, 0.6) is 0 Å². The summed E-state index contributed by atoms with van der Waals surface area (Å²) < 4.78 is 0. The molecule has 1 heterocycles. The van der Waals surface area contributed by atoms with Crippen molar-refractivity contribution in [1.82, 2.24) is 4.90 Å². The van der Waals surface area contributed by atoms with Gasteiger partial charge in [-0.2, -0.15) is 0 Å². The monoisotopic (exact) mass is 293 g/mol. The van der Waals surface area contributed by atoms with Crippen molar-refractivity contribution in [3.8, 4) is 0 Å². The Bertz CT molecular complexity index is 610. The molecule has 1 aliphatic rings. The van der Waals surface area contributed by atoms with Crippen molar-refractivity contribution in [1.29, 1.82) is 0 Å². The van der Waals surface area contributed by atoms with Crippen LogP contribution >= 0.6 is 0 Å². The number of Topliss-reactive ketones (excluding diaryl/α,β-unsaturated/α-hetero) is 1. The minimum absolute atomic E-state index is 0.0795. The van der Waals surface area contributed by atoms with E-state index in [1.807, 2.05) is 50.4 Å². The van der Waals surface area contributed by atoms with Gasteiger partial charge in [-0.05, 0) is 38.4 Å². The van der Waals surface area contributed by atoms with Crippen LogP contribution in [0, 0.1) is 0 Å². The van der Waals surface area contributed by atoms with Crippen LogP contribution in [0.15, 0.2) is 60.7 Å². The molecular weight excluding hydrogens is 270 g/mol. The lowest BCUT2D eigenvalue weighted by Crippen LogP contribution is -2.58. The van der Waals surface area contributed by atoms with Gasteiger partial charge in [0.25, 0.3) is 0 Å². The van der Waals surface area contributed by atoms with E-state index in [0.717, 1.165) is 17.5 Å². The number of carbonyl (C=O) groups excluding carboxylic acids is 1. The van der Waals surface area contributed by atoms with Gasteiger partial charge < -0.3 is 0 Å². The summed E-state index contributed by atoms with van der Waals surface area (Å²) in [7, 11) is 2.05. The molecule has 0 saturated carbocycles. The fourth-order valence-electron chi connectivity index (χ4n) is 3.74. The third-order valence-electron chi connectivity index (χ3n) is 5.24. The van der Waals surface area contributed by atoms with Gasteiger partial charge in [-0.1, -0.05) is 60.7 Å². The SMILES string of the molecule is C[C@@H]1CC(c2ccccc2)(c2ccccc2)C(=O)[C@H](C)N1C. The Morgan fingerprint density at radius 3 is 1.82 bits per heavy atom. The summed E-state index contributed by atoms with van der Waals surface area (Å²) in [6.45, 7) is 4.24. The maximum atomic E-state index is 13.4. The Hall–Kier alpha value is -1.93. The topological polar surface area (TPSA) is 20.3 Å². The number of likely N-dealkylation sites (tertiary alicyclic amines) is 1. The highest BCUT2D eigenvalue weighted by Gasteiger charge is 2.49. The number of carbonyl (C=O) groups is 1. The quantitative estimate of drug-likeness (QED) is 0.842. The molecule has 3 rings (SSSR count). The number of hydrogen-bond donors (Lipinski definition) is 0. The van der Waals surface area contributed by atoms with Crippen molar-refractivity contribution in [2.24, 2.45) is 0 Å². The molecule has 22 heavy (non-hydrogen) atoms. The summed E-state index contributed by atoms with van der Waals surface area (Å²) in [5, 5.41) is 0. The number of nitrogens with zero attached hydrogens (tertiary/aromatic N) is 1. The van der Waals surface area contributed by atoms with Crippen molar-refractivity contribution >= 4 is 5.78 Å². The van der Waals surface area contributed by atoms with Crippen molar-refractivity contribution in [3.05, 3.63) is 71.8 Å². The normalized spacial score (nSPS) is 25.1. The van der Waals surface area contributed by atoms with Crippen molar-refractivity contribution < 1.29 is 4.79 Å². The van der Waals surface area contributed by atoms with Crippen LogP contribution in [0.3, 0.4) is 0 Å². The summed E-state index contributed by atoms with van der Waals surface area (Å²) >= 11 is 0. The first-order chi connectivity index (χ1) is 10.6. The number of rotatable bonds is 2. The summed E-state index contributed by atoms with van der Waals surface area (Å²) in [4.78, 5) is 15.5. The molecule has 1 aliphatic heterocycles. The Morgan fingerprint density at radius 2 is 1.36 bits per heavy atom. The first-order valence-electron chi connectivity index (χ1n) is 7.94. The number of piperidine rings is 1. The second-order valence-electron chi connectivity index (χ2n) is 6.40. The lowest BCUT2D eigenvalue weighted by molar-refractivity contribution is -0.132. The molecule has 0 bridgehead atoms. The van der Waals surface area contributed by atoms with Crippen LogP contribution in [-0.4, -0.2) is 29.8 Å². The predicted octanol–water partition coefficient (Wildman–Crippen LogP) is 3.65. The van der Waals surface area contributed by atoms with Crippen LogP contribution in [0.25, 0.3) is 0 Å². The van der Waals surface area contributed by atoms with E-state index in [1.54, 1.807) is 0 Å². The highest BCUT2D eigenvalue weighted by molar-refractivity contribution is 5.98. The number of ketones is 1. The summed E-state index contributed by atoms with van der Waals surface area (Å²) in [6, 6.07) is 20.8. The molecule has 2 heteroatoms. The molecule has 0 amide bonds. The van der Waals surface area contributed by atoms with E-state index in [-0.39, 0.29) is 6.04 Å². The first kappa shape index (κ1) is 15.0. The van der Waals surface area contributed by atoms with Gasteiger partial charge in [-0.15, -0.1) is 0 Å². The van der Waals surface area contributed by atoms with E-state index in [0.29, 0.717) is 11.8 Å². The van der Waals surface area contributed by atoms with Crippen molar-refractivity contribution in [3.63, 3.8) is 0 Å². The predicted molar refractivity (Wildman–Crippen MR) is 90.0 cm³/mol. The largest absolute Gasteiger partial charge is 0.297 e. The van der Waals surface area contributed by atoms with E-state index in [4.69, 9.17) is 0 Å². The molecule has 114 valence electrons. The van der Waals surface area contributed by atoms with Crippen molar-refractivity contribution in [2.45, 2.75) is 37.8 Å². The van der Waals surface area contributed by atoms with Gasteiger partial charge in [0.1, 0.15) is 0 Å². The molecule has 2 atom stereocenters. The smallest absolute Gasteiger partial charge is 0.164 e. The minimum atomic E-state index is -0.534. The zero-order valence-electron chi connectivity index (χ0n) is 13.5. The lowest BCUT2D eigenvalue weighted by atomic mass is 9.63. The third-order valence-corrected chi connectivity index (χ3v) is 5.24.